The van der Waals surface area contributed by atoms with Gasteiger partial charge in [-0.3, -0.25) is 33.6 Å². The van der Waals surface area contributed by atoms with Gasteiger partial charge in [-0.15, -0.1) is 0 Å². The number of rotatable bonds is 7. The first-order chi connectivity index (χ1) is 37.0. The molecule has 7 nitrogen and oxygen atoms in total. The average Bonchev–Trinajstić information content (AvgIpc) is 3.35. The Morgan fingerprint density at radius 2 is 0.650 bits per heavy atom. The molecule has 0 unspecified atom stereocenters. The third kappa shape index (κ3) is 24.7. The maximum Gasteiger partial charge on any atom is 0.162 e. The largest absolute Gasteiger partial charge is 0.295 e. The molecule has 17 heteroatoms. The van der Waals surface area contributed by atoms with Crippen molar-refractivity contribution in [3.8, 4) is 0 Å². The van der Waals surface area contributed by atoms with Crippen molar-refractivity contribution in [1.82, 2.24) is 0 Å². The lowest BCUT2D eigenvalue weighted by Crippen LogP contribution is -1.95. The highest BCUT2D eigenvalue weighted by Gasteiger charge is 2.13. The molecule has 0 saturated carbocycles. The van der Waals surface area contributed by atoms with Gasteiger partial charge in [0.1, 0.15) is 0 Å². The topological polar surface area (TPSA) is 119 Å². The molecule has 0 fully saturated rings. The van der Waals surface area contributed by atoms with Crippen LogP contribution >= 0.6 is 116 Å². The molecule has 7 aromatic rings. The summed E-state index contributed by atoms with van der Waals surface area (Å²) < 4.78 is 0. The van der Waals surface area contributed by atoms with Crippen LogP contribution in [0.3, 0.4) is 0 Å². The summed E-state index contributed by atoms with van der Waals surface area (Å²) in [6.45, 7) is 23.7. The van der Waals surface area contributed by atoms with Gasteiger partial charge in [0, 0.05) is 53.5 Å². The molecule has 7 rings (SSSR count). The van der Waals surface area contributed by atoms with E-state index < -0.39 is 0 Å². The van der Waals surface area contributed by atoms with Crippen molar-refractivity contribution < 1.29 is 33.6 Å². The molecule has 0 atom stereocenters. The molecule has 0 aliphatic rings. The van der Waals surface area contributed by atoms with Gasteiger partial charge in [0.15, 0.2) is 40.5 Å². The standard InChI is InChI=1S/4C9H8Cl2O.2C9H9ClO.C9H10O/c1-5-8(10)3-7(6(2)12)4-9(5)11;1-5-3-9(11)7(6(2)12)4-8(5)10;1-5-3-7(10)9(6(2)12)8(11)4-5;1-5-3-4-7(6(2)12)9(11)8(5)10;1-6-3-4-8(7(2)11)5-9(6)10;1-6-3-4-8(7(2)11)9(10)5-6;1-7-3-5-9(6-4-7)8(2)10/h4*3-4H,1-2H3;2*3-5H,1-2H3;3-6H,1-2H3. The number of benzene rings is 7. The predicted octanol–water partition coefficient (Wildman–Crippen LogP) is 21.9. The number of carbonyl (C=O) groups excluding carboxylic acids is 7. The number of hydrogen-bond donors (Lipinski definition) is 0. The van der Waals surface area contributed by atoms with E-state index in [1.54, 1.807) is 79.7 Å². The van der Waals surface area contributed by atoms with E-state index in [1.807, 2.05) is 84.9 Å². The van der Waals surface area contributed by atoms with Crippen LogP contribution in [0.5, 0.6) is 0 Å². The third-order valence-corrected chi connectivity index (χ3v) is 14.8. The molecule has 0 aliphatic carbocycles. The Kier molecular flexibility index (Phi) is 32.2. The van der Waals surface area contributed by atoms with Crippen LogP contribution in [-0.2, 0) is 0 Å². The summed E-state index contributed by atoms with van der Waals surface area (Å²) in [7, 11) is 0. The van der Waals surface area contributed by atoms with Crippen molar-refractivity contribution >= 4 is 156 Å². The van der Waals surface area contributed by atoms with Gasteiger partial charge in [-0.25, -0.2) is 0 Å². The zero-order valence-corrected chi connectivity index (χ0v) is 54.1. The van der Waals surface area contributed by atoms with E-state index in [0.29, 0.717) is 83.6 Å². The summed E-state index contributed by atoms with van der Waals surface area (Å²) in [5.74, 6) is -0.0884. The molecule has 0 N–H and O–H groups in total. The van der Waals surface area contributed by atoms with Crippen molar-refractivity contribution in [2.45, 2.75) is 96.9 Å². The fourth-order valence-corrected chi connectivity index (χ4v) is 9.15. The van der Waals surface area contributed by atoms with Crippen molar-refractivity contribution in [3.63, 3.8) is 0 Å². The maximum atomic E-state index is 11.0. The van der Waals surface area contributed by atoms with Crippen LogP contribution in [0, 0.1) is 48.5 Å². The zero-order valence-electron chi connectivity index (χ0n) is 46.5. The van der Waals surface area contributed by atoms with E-state index in [4.69, 9.17) is 116 Å². The second kappa shape index (κ2) is 35.2. The van der Waals surface area contributed by atoms with Gasteiger partial charge in [-0.2, -0.15) is 0 Å². The van der Waals surface area contributed by atoms with Crippen LogP contribution in [0.15, 0.2) is 109 Å². The number of aryl methyl sites for hydroxylation is 6. The number of hydrogen-bond acceptors (Lipinski definition) is 7. The summed E-state index contributed by atoms with van der Waals surface area (Å²) >= 11 is 58.2. The highest BCUT2D eigenvalue weighted by Crippen LogP contribution is 2.30. The van der Waals surface area contributed by atoms with Crippen LogP contribution in [-0.4, -0.2) is 40.5 Å². The van der Waals surface area contributed by atoms with Crippen molar-refractivity contribution in [3.05, 3.63) is 237 Å². The first-order valence-corrected chi connectivity index (χ1v) is 27.8. The number of carbonyl (C=O) groups is 7. The molecule has 0 aromatic heterocycles. The minimum atomic E-state index is -0.106. The van der Waals surface area contributed by atoms with Gasteiger partial charge in [0.05, 0.1) is 35.7 Å². The number of halogens is 10. The Hall–Kier alpha value is -4.87. The highest BCUT2D eigenvalue weighted by atomic mass is 35.5. The summed E-state index contributed by atoms with van der Waals surface area (Å²) in [5.41, 5.74) is 10.7. The molecule has 0 aliphatic heterocycles. The van der Waals surface area contributed by atoms with Crippen LogP contribution in [0.25, 0.3) is 0 Å². The van der Waals surface area contributed by atoms with E-state index in [-0.39, 0.29) is 40.5 Å². The van der Waals surface area contributed by atoms with Crippen LogP contribution in [0.4, 0.5) is 0 Å². The molecule has 80 heavy (non-hydrogen) atoms. The number of ketones is 7. The van der Waals surface area contributed by atoms with Gasteiger partial charge >= 0.3 is 0 Å². The summed E-state index contributed by atoms with van der Waals surface area (Å²) in [6, 6.07) is 31.8. The monoisotopic (exact) mass is 1280 g/mol. The Morgan fingerprint density at radius 3 is 1.07 bits per heavy atom. The Bertz CT molecular complexity index is 3340. The van der Waals surface area contributed by atoms with Crippen LogP contribution in [0.2, 0.25) is 50.2 Å². The van der Waals surface area contributed by atoms with E-state index in [2.05, 4.69) is 0 Å². The molecular formula is C63H60Cl10O7. The Morgan fingerprint density at radius 1 is 0.263 bits per heavy atom. The molecule has 0 radical (unpaired) electrons. The van der Waals surface area contributed by atoms with E-state index in [0.717, 1.165) is 38.9 Å². The molecule has 0 bridgehead atoms. The lowest BCUT2D eigenvalue weighted by Gasteiger charge is -2.03. The number of Topliss-reactive ketones (excluding diaryl/α,β-unsaturated/α-hetero) is 7. The zero-order chi connectivity index (χ0) is 61.6. The fourth-order valence-electron chi connectivity index (χ4n) is 6.22. The smallest absolute Gasteiger partial charge is 0.162 e. The summed E-state index contributed by atoms with van der Waals surface area (Å²) in [5, 5.41) is 4.96. The molecule has 0 heterocycles. The van der Waals surface area contributed by atoms with Gasteiger partial charge < -0.3 is 0 Å². The molecule has 0 spiro atoms. The second-order valence-corrected chi connectivity index (χ2v) is 22.0. The molecule has 0 amide bonds. The lowest BCUT2D eigenvalue weighted by atomic mass is 10.1. The van der Waals surface area contributed by atoms with Gasteiger partial charge in [-0.1, -0.05) is 170 Å². The van der Waals surface area contributed by atoms with Gasteiger partial charge in [0.25, 0.3) is 0 Å². The first-order valence-electron chi connectivity index (χ1n) is 24.0. The SMILES string of the molecule is CC(=O)c1c(Cl)cc(C)cc1Cl.CC(=O)c1cc(Cl)c(C)c(Cl)c1.CC(=O)c1cc(Cl)c(C)cc1Cl.CC(=O)c1ccc(C)c(Cl)c1.CC(=O)c1ccc(C)c(Cl)c1Cl.CC(=O)c1ccc(C)cc1.CC(=O)c1ccc(C)cc1Cl. The van der Waals surface area contributed by atoms with Crippen molar-refractivity contribution in [2.24, 2.45) is 0 Å². The van der Waals surface area contributed by atoms with Crippen molar-refractivity contribution in [1.29, 1.82) is 0 Å². The second-order valence-electron chi connectivity index (χ2n) is 18.0. The molecule has 7 aromatic carbocycles. The lowest BCUT2D eigenvalue weighted by molar-refractivity contribution is 0.100. The van der Waals surface area contributed by atoms with E-state index in [9.17, 15) is 33.6 Å². The van der Waals surface area contributed by atoms with Gasteiger partial charge in [-0.05, 0) is 191 Å². The minimum Gasteiger partial charge on any atom is -0.295 e. The molecular weight excluding hydrogens is 1220 g/mol. The highest BCUT2D eigenvalue weighted by molar-refractivity contribution is 6.44. The quantitative estimate of drug-likeness (QED) is 0.146. The van der Waals surface area contributed by atoms with E-state index in [1.165, 1.54) is 47.1 Å². The predicted molar refractivity (Wildman–Crippen MR) is 338 cm³/mol. The molecule has 0 saturated heterocycles. The van der Waals surface area contributed by atoms with Crippen molar-refractivity contribution in [2.75, 3.05) is 0 Å². The maximum absolute atomic E-state index is 11.0. The average molecular weight is 1280 g/mol. The third-order valence-electron chi connectivity index (χ3n) is 11.0. The molecule has 424 valence electrons. The van der Waals surface area contributed by atoms with E-state index >= 15 is 0 Å². The summed E-state index contributed by atoms with van der Waals surface area (Å²) in [4.78, 5) is 76.4. The normalized spacial score (nSPS) is 9.85. The van der Waals surface area contributed by atoms with Gasteiger partial charge in [0.2, 0.25) is 0 Å². The minimum absolute atomic E-state index is 0.00926. The fraction of sp³-hybridized carbons (Fsp3) is 0.222. The van der Waals surface area contributed by atoms with Crippen LogP contribution < -0.4 is 0 Å². The Labute approximate surface area is 520 Å². The first kappa shape index (κ1) is 73.1. The summed E-state index contributed by atoms with van der Waals surface area (Å²) in [6.07, 6.45) is 0. The van der Waals surface area contributed by atoms with Crippen LogP contribution in [0.1, 0.15) is 160 Å². The Balaban J connectivity index is 0.000000467.